The predicted octanol–water partition coefficient (Wildman–Crippen LogP) is 2.23. The summed E-state index contributed by atoms with van der Waals surface area (Å²) in [5, 5.41) is 3.00. The van der Waals surface area contributed by atoms with Crippen LogP contribution in [0.5, 0.6) is 0 Å². The molecule has 0 saturated carbocycles. The van der Waals surface area contributed by atoms with Gasteiger partial charge in [-0.15, -0.1) is 0 Å². The second-order valence-electron chi connectivity index (χ2n) is 7.36. The maximum atomic E-state index is 11.7. The van der Waals surface area contributed by atoms with E-state index >= 15 is 0 Å². The highest BCUT2D eigenvalue weighted by molar-refractivity contribution is 5.73. The van der Waals surface area contributed by atoms with E-state index in [1.807, 2.05) is 13.0 Å². The number of fused-ring (bicyclic) bond motifs is 1. The topological polar surface area (TPSA) is 58.0 Å². The number of aryl methyl sites for hydroxylation is 1. The predicted molar refractivity (Wildman–Crippen MR) is 91.8 cm³/mol. The van der Waals surface area contributed by atoms with Crippen LogP contribution in [0.1, 0.15) is 30.8 Å². The first-order valence-electron chi connectivity index (χ1n) is 8.83. The van der Waals surface area contributed by atoms with E-state index in [0.717, 1.165) is 57.0 Å². The number of piperidine rings is 1. The lowest BCUT2D eigenvalue weighted by molar-refractivity contribution is -0.0255. The van der Waals surface area contributed by atoms with Crippen LogP contribution >= 0.6 is 0 Å². The zero-order valence-corrected chi connectivity index (χ0v) is 15.0. The van der Waals surface area contributed by atoms with E-state index in [2.05, 4.69) is 16.3 Å². The number of likely N-dealkylation sites (tertiary alicyclic amines) is 1. The van der Waals surface area contributed by atoms with Gasteiger partial charge in [0.05, 0.1) is 12.6 Å². The van der Waals surface area contributed by atoms with Crippen LogP contribution in [-0.4, -0.2) is 62.3 Å². The second-order valence-corrected chi connectivity index (χ2v) is 7.36. The highest BCUT2D eigenvalue weighted by atomic mass is 16.5. The molecule has 0 spiro atoms. The zero-order chi connectivity index (χ0) is 17.2. The number of urea groups is 1. The molecule has 2 amide bonds. The number of amides is 2. The van der Waals surface area contributed by atoms with E-state index in [1.54, 1.807) is 19.0 Å². The Hall–Kier alpha value is -1.53. The monoisotopic (exact) mass is 335 g/mol. The standard InChI is InChI=1S/C18H29N3O3/c1-14-4-5-15(24-14)12-21-10-6-16-18(13-21,8-11-23-16)7-9-19-17(22)20(2)3/h4-5,16H,6-13H2,1-3H3,(H,19,22)/t16-,18+/m1/s1. The molecule has 1 aromatic rings. The van der Waals surface area contributed by atoms with Gasteiger partial charge in [-0.3, -0.25) is 4.90 Å². The number of hydrogen-bond donors (Lipinski definition) is 1. The fraction of sp³-hybridized carbons (Fsp3) is 0.722. The zero-order valence-electron chi connectivity index (χ0n) is 15.0. The molecule has 3 heterocycles. The molecule has 2 fully saturated rings. The molecule has 3 rings (SSSR count). The van der Waals surface area contributed by atoms with Crippen LogP contribution < -0.4 is 5.32 Å². The molecular weight excluding hydrogens is 306 g/mol. The van der Waals surface area contributed by atoms with Crippen molar-refractivity contribution in [3.63, 3.8) is 0 Å². The summed E-state index contributed by atoms with van der Waals surface area (Å²) in [4.78, 5) is 15.8. The van der Waals surface area contributed by atoms with Crippen molar-refractivity contribution in [1.82, 2.24) is 15.1 Å². The van der Waals surface area contributed by atoms with Crippen molar-refractivity contribution in [2.45, 2.75) is 38.8 Å². The van der Waals surface area contributed by atoms with Crippen LogP contribution in [0.15, 0.2) is 16.5 Å². The molecule has 0 radical (unpaired) electrons. The van der Waals surface area contributed by atoms with Crippen molar-refractivity contribution in [1.29, 1.82) is 0 Å². The quantitative estimate of drug-likeness (QED) is 0.896. The van der Waals surface area contributed by atoms with E-state index in [1.165, 1.54) is 0 Å². The van der Waals surface area contributed by atoms with Gasteiger partial charge in [0.15, 0.2) is 0 Å². The summed E-state index contributed by atoms with van der Waals surface area (Å²) in [5.41, 5.74) is 0.152. The van der Waals surface area contributed by atoms with Gasteiger partial charge in [0.2, 0.25) is 0 Å². The Bertz CT molecular complexity index is 572. The molecular formula is C18H29N3O3. The van der Waals surface area contributed by atoms with Crippen LogP contribution in [0, 0.1) is 12.3 Å². The molecule has 0 aromatic carbocycles. The fourth-order valence-corrected chi connectivity index (χ4v) is 4.00. The molecule has 6 nitrogen and oxygen atoms in total. The third-order valence-corrected chi connectivity index (χ3v) is 5.33. The van der Waals surface area contributed by atoms with Crippen molar-refractivity contribution in [3.05, 3.63) is 23.7 Å². The number of furan rings is 1. The Morgan fingerprint density at radius 3 is 3.00 bits per heavy atom. The summed E-state index contributed by atoms with van der Waals surface area (Å²) in [6.45, 7) is 6.41. The first-order chi connectivity index (χ1) is 11.5. The van der Waals surface area contributed by atoms with Crippen molar-refractivity contribution in [3.8, 4) is 0 Å². The van der Waals surface area contributed by atoms with Crippen molar-refractivity contribution < 1.29 is 13.9 Å². The van der Waals surface area contributed by atoms with E-state index in [4.69, 9.17) is 9.15 Å². The van der Waals surface area contributed by atoms with Crippen LogP contribution in [0.25, 0.3) is 0 Å². The fourth-order valence-electron chi connectivity index (χ4n) is 4.00. The molecule has 1 aromatic heterocycles. The van der Waals surface area contributed by atoms with E-state index in [-0.39, 0.29) is 11.4 Å². The minimum atomic E-state index is -0.0272. The minimum Gasteiger partial charge on any atom is -0.465 e. The molecule has 2 aliphatic heterocycles. The van der Waals surface area contributed by atoms with Gasteiger partial charge in [-0.1, -0.05) is 0 Å². The third-order valence-electron chi connectivity index (χ3n) is 5.33. The highest BCUT2D eigenvalue weighted by Gasteiger charge is 2.47. The number of nitrogens with zero attached hydrogens (tertiary/aromatic N) is 2. The molecule has 6 heteroatoms. The summed E-state index contributed by atoms with van der Waals surface area (Å²) in [6.07, 6.45) is 3.42. The van der Waals surface area contributed by atoms with Gasteiger partial charge in [0.1, 0.15) is 11.5 Å². The molecule has 134 valence electrons. The van der Waals surface area contributed by atoms with Crippen molar-refractivity contribution in [2.75, 3.05) is 40.3 Å². The molecule has 1 N–H and O–H groups in total. The number of rotatable bonds is 5. The second kappa shape index (κ2) is 7.15. The van der Waals surface area contributed by atoms with Crippen LogP contribution in [0.3, 0.4) is 0 Å². The number of nitrogens with one attached hydrogen (secondary N) is 1. The van der Waals surface area contributed by atoms with Crippen LogP contribution in [0.2, 0.25) is 0 Å². The Labute approximate surface area is 144 Å². The maximum absolute atomic E-state index is 11.7. The summed E-state index contributed by atoms with van der Waals surface area (Å²) in [6, 6.07) is 4.06. The van der Waals surface area contributed by atoms with Gasteiger partial charge in [-0.05, 0) is 38.3 Å². The third kappa shape index (κ3) is 3.75. The van der Waals surface area contributed by atoms with Crippen LogP contribution in [-0.2, 0) is 11.3 Å². The Morgan fingerprint density at radius 2 is 2.29 bits per heavy atom. The average molecular weight is 335 g/mol. The molecule has 2 atom stereocenters. The Balaban J connectivity index is 1.59. The Kier molecular flexibility index (Phi) is 5.15. The average Bonchev–Trinajstić information content (AvgIpc) is 3.13. The SMILES string of the molecule is Cc1ccc(CN2CC[C@H]3OCC[C@@]3(CCNC(=O)N(C)C)C2)o1. The normalized spacial score (nSPS) is 27.0. The molecule has 0 bridgehead atoms. The first kappa shape index (κ1) is 17.3. The van der Waals surface area contributed by atoms with Gasteiger partial charge >= 0.3 is 6.03 Å². The van der Waals surface area contributed by atoms with Gasteiger partial charge < -0.3 is 19.4 Å². The molecule has 2 aliphatic rings. The Morgan fingerprint density at radius 1 is 1.46 bits per heavy atom. The summed E-state index contributed by atoms with van der Waals surface area (Å²) in [5.74, 6) is 1.99. The highest BCUT2D eigenvalue weighted by Crippen LogP contribution is 2.43. The van der Waals surface area contributed by atoms with Gasteiger partial charge in [-0.25, -0.2) is 4.79 Å². The lowest BCUT2D eigenvalue weighted by Gasteiger charge is -2.43. The number of ether oxygens (including phenoxy) is 1. The van der Waals surface area contributed by atoms with E-state index in [0.29, 0.717) is 12.6 Å². The van der Waals surface area contributed by atoms with Crippen molar-refractivity contribution in [2.24, 2.45) is 5.41 Å². The van der Waals surface area contributed by atoms with Gasteiger partial charge in [-0.2, -0.15) is 0 Å². The molecule has 24 heavy (non-hydrogen) atoms. The number of hydrogen-bond acceptors (Lipinski definition) is 4. The molecule has 0 aliphatic carbocycles. The molecule has 2 saturated heterocycles. The smallest absolute Gasteiger partial charge is 0.316 e. The van der Waals surface area contributed by atoms with Gasteiger partial charge in [0.25, 0.3) is 0 Å². The minimum absolute atomic E-state index is 0.0272. The first-order valence-corrected chi connectivity index (χ1v) is 8.83. The summed E-state index contributed by atoms with van der Waals surface area (Å²) < 4.78 is 11.7. The summed E-state index contributed by atoms with van der Waals surface area (Å²) in [7, 11) is 3.53. The van der Waals surface area contributed by atoms with Crippen molar-refractivity contribution >= 4 is 6.03 Å². The van der Waals surface area contributed by atoms with Crippen LogP contribution in [0.4, 0.5) is 4.79 Å². The summed E-state index contributed by atoms with van der Waals surface area (Å²) >= 11 is 0. The molecule has 0 unspecified atom stereocenters. The van der Waals surface area contributed by atoms with Gasteiger partial charge in [0, 0.05) is 45.8 Å². The number of carbonyl (C=O) groups excluding carboxylic acids is 1. The lowest BCUT2D eigenvalue weighted by Crippen LogP contribution is -2.50. The van der Waals surface area contributed by atoms with E-state index in [9.17, 15) is 4.79 Å². The maximum Gasteiger partial charge on any atom is 0.316 e. The largest absolute Gasteiger partial charge is 0.465 e. The lowest BCUT2D eigenvalue weighted by atomic mass is 9.74. The number of carbonyl (C=O) groups is 1. The van der Waals surface area contributed by atoms with E-state index < -0.39 is 0 Å².